The third kappa shape index (κ3) is 33.1. The molecule has 8 heteroatoms. The first kappa shape index (κ1) is 49.7. The Balaban J connectivity index is 4.04. The fourth-order valence-corrected chi connectivity index (χ4v) is 7.36. The first-order chi connectivity index (χ1) is 24.8. The molecule has 0 rings (SSSR count). The van der Waals surface area contributed by atoms with Crippen LogP contribution in [0.4, 0.5) is 0 Å². The Bertz CT molecular complexity index is 793. The van der Waals surface area contributed by atoms with Crippen molar-refractivity contribution in [1.82, 2.24) is 4.90 Å². The molecule has 0 fully saturated rings. The standard InChI is InChI=1S/C43H83NO6S/c1-7-11-27-39(28-12-8-2)49-41(45)31-23-19-15-17-21-25-35-48-43(47)38(33-34-44(5)6)37-51-36-26-22-18-16-20-24-32-42(46)50-40(29-13-9-3)30-14-10-4/h38-40H,7-37H2,1-6H3. The molecule has 0 heterocycles. The Morgan fingerprint density at radius 2 is 0.941 bits per heavy atom. The molecule has 0 saturated carbocycles. The SMILES string of the molecule is CCCCC(CCCC)OC(=O)CCCCCCCCOC(=O)C(CCN(C)C)CSCCCCCCCCC(=O)OC(CCCC)CCCC. The molecule has 0 aromatic rings. The van der Waals surface area contributed by atoms with E-state index in [9.17, 15) is 14.4 Å². The number of unbranched alkanes of at least 4 members (excludes halogenated alkanes) is 14. The van der Waals surface area contributed by atoms with E-state index in [2.05, 4.69) is 46.7 Å². The van der Waals surface area contributed by atoms with Gasteiger partial charge in [-0.2, -0.15) is 11.8 Å². The number of esters is 3. The summed E-state index contributed by atoms with van der Waals surface area (Å²) >= 11 is 1.88. The van der Waals surface area contributed by atoms with Crippen LogP contribution in [0.2, 0.25) is 0 Å². The zero-order valence-corrected chi connectivity index (χ0v) is 35.3. The van der Waals surface area contributed by atoms with Crippen molar-refractivity contribution in [2.75, 3.05) is 38.8 Å². The molecular weight excluding hydrogens is 659 g/mol. The van der Waals surface area contributed by atoms with Crippen LogP contribution in [-0.4, -0.2) is 73.8 Å². The first-order valence-electron chi connectivity index (χ1n) is 21.5. The van der Waals surface area contributed by atoms with Crippen molar-refractivity contribution in [1.29, 1.82) is 0 Å². The smallest absolute Gasteiger partial charge is 0.309 e. The van der Waals surface area contributed by atoms with Crippen LogP contribution in [0, 0.1) is 5.92 Å². The van der Waals surface area contributed by atoms with E-state index in [4.69, 9.17) is 14.2 Å². The van der Waals surface area contributed by atoms with E-state index >= 15 is 0 Å². The summed E-state index contributed by atoms with van der Waals surface area (Å²) in [7, 11) is 4.11. The molecule has 0 bridgehead atoms. The Hall–Kier alpha value is -1.28. The molecule has 51 heavy (non-hydrogen) atoms. The van der Waals surface area contributed by atoms with E-state index in [1.165, 1.54) is 12.8 Å². The molecule has 0 aliphatic heterocycles. The van der Waals surface area contributed by atoms with E-state index in [-0.39, 0.29) is 36.0 Å². The molecule has 0 spiro atoms. The second kappa shape index (κ2) is 37.1. The van der Waals surface area contributed by atoms with Gasteiger partial charge < -0.3 is 19.1 Å². The second-order valence-corrected chi connectivity index (χ2v) is 16.2. The quantitative estimate of drug-likeness (QED) is 0.0351. The highest BCUT2D eigenvalue weighted by Gasteiger charge is 2.20. The number of rotatable bonds is 38. The van der Waals surface area contributed by atoms with Crippen LogP contribution in [0.1, 0.15) is 201 Å². The first-order valence-corrected chi connectivity index (χ1v) is 22.7. The maximum absolute atomic E-state index is 12.9. The van der Waals surface area contributed by atoms with Crippen molar-refractivity contribution >= 4 is 29.7 Å². The minimum atomic E-state index is -0.0519. The maximum Gasteiger partial charge on any atom is 0.309 e. The molecule has 0 aliphatic rings. The summed E-state index contributed by atoms with van der Waals surface area (Å²) in [5.41, 5.74) is 0. The lowest BCUT2D eigenvalue weighted by atomic mass is 10.1. The number of thioether (sulfide) groups is 1. The molecule has 0 N–H and O–H groups in total. The number of hydrogen-bond acceptors (Lipinski definition) is 8. The molecular formula is C43H83NO6S. The molecule has 1 atom stereocenters. The van der Waals surface area contributed by atoms with Crippen LogP contribution >= 0.6 is 11.8 Å². The van der Waals surface area contributed by atoms with Crippen molar-refractivity contribution in [3.63, 3.8) is 0 Å². The number of nitrogens with zero attached hydrogens (tertiary/aromatic N) is 1. The Morgan fingerprint density at radius 1 is 0.529 bits per heavy atom. The monoisotopic (exact) mass is 742 g/mol. The lowest BCUT2D eigenvalue weighted by Gasteiger charge is -2.18. The molecule has 1 unspecified atom stereocenters. The Kier molecular flexibility index (Phi) is 36.1. The second-order valence-electron chi connectivity index (χ2n) is 15.1. The largest absolute Gasteiger partial charge is 0.465 e. The molecule has 0 aliphatic carbocycles. The molecule has 0 aromatic carbocycles. The van der Waals surface area contributed by atoms with Crippen molar-refractivity contribution in [3.05, 3.63) is 0 Å². The number of ether oxygens (including phenoxy) is 3. The fourth-order valence-electron chi connectivity index (χ4n) is 6.20. The van der Waals surface area contributed by atoms with Gasteiger partial charge in [0.05, 0.1) is 12.5 Å². The number of carbonyl (C=O) groups is 3. The van der Waals surface area contributed by atoms with Gasteiger partial charge in [0, 0.05) is 18.6 Å². The molecule has 0 aromatic heterocycles. The zero-order chi connectivity index (χ0) is 37.8. The summed E-state index contributed by atoms with van der Waals surface area (Å²) in [5, 5.41) is 0. The average molecular weight is 742 g/mol. The van der Waals surface area contributed by atoms with Crippen LogP contribution in [0.5, 0.6) is 0 Å². The summed E-state index contributed by atoms with van der Waals surface area (Å²) in [6.45, 7) is 10.1. The summed E-state index contributed by atoms with van der Waals surface area (Å²) < 4.78 is 17.3. The van der Waals surface area contributed by atoms with Gasteiger partial charge in [0.1, 0.15) is 12.2 Å². The minimum absolute atomic E-state index is 0.0122. The van der Waals surface area contributed by atoms with Gasteiger partial charge in [-0.1, -0.05) is 130 Å². The lowest BCUT2D eigenvalue weighted by Crippen LogP contribution is -2.25. The molecule has 302 valence electrons. The Morgan fingerprint density at radius 3 is 1.37 bits per heavy atom. The third-order valence-electron chi connectivity index (χ3n) is 9.63. The zero-order valence-electron chi connectivity index (χ0n) is 34.5. The van der Waals surface area contributed by atoms with Crippen molar-refractivity contribution in [3.8, 4) is 0 Å². The number of carbonyl (C=O) groups excluding carboxylic acids is 3. The summed E-state index contributed by atoms with van der Waals surface area (Å²) in [4.78, 5) is 39.7. The third-order valence-corrected chi connectivity index (χ3v) is 10.8. The predicted molar refractivity (Wildman–Crippen MR) is 217 cm³/mol. The molecule has 7 nitrogen and oxygen atoms in total. The predicted octanol–water partition coefficient (Wildman–Crippen LogP) is 11.9. The van der Waals surface area contributed by atoms with Crippen molar-refractivity contribution in [2.45, 2.75) is 213 Å². The van der Waals surface area contributed by atoms with Gasteiger partial charge in [-0.25, -0.2) is 0 Å². The molecule has 0 radical (unpaired) electrons. The van der Waals surface area contributed by atoms with Crippen molar-refractivity contribution < 1.29 is 28.6 Å². The highest BCUT2D eigenvalue weighted by atomic mass is 32.2. The molecule has 0 amide bonds. The molecule has 0 saturated heterocycles. The van der Waals surface area contributed by atoms with Gasteiger partial charge >= 0.3 is 17.9 Å². The number of hydrogen-bond donors (Lipinski definition) is 0. The average Bonchev–Trinajstić information content (AvgIpc) is 3.11. The van der Waals surface area contributed by atoms with Gasteiger partial charge in [-0.05, 0) is 84.2 Å². The lowest BCUT2D eigenvalue weighted by molar-refractivity contribution is -0.151. The van der Waals surface area contributed by atoms with E-state index in [0.29, 0.717) is 19.4 Å². The summed E-state index contributed by atoms with van der Waals surface area (Å²) in [6.07, 6.45) is 28.0. The topological polar surface area (TPSA) is 82.1 Å². The van der Waals surface area contributed by atoms with E-state index in [1.807, 2.05) is 11.8 Å². The van der Waals surface area contributed by atoms with Crippen LogP contribution < -0.4 is 0 Å². The van der Waals surface area contributed by atoms with Crippen LogP contribution in [0.15, 0.2) is 0 Å². The van der Waals surface area contributed by atoms with Gasteiger partial charge in [-0.3, -0.25) is 14.4 Å². The van der Waals surface area contributed by atoms with E-state index in [0.717, 1.165) is 166 Å². The van der Waals surface area contributed by atoms with Gasteiger partial charge in [0.2, 0.25) is 0 Å². The van der Waals surface area contributed by atoms with Crippen LogP contribution in [-0.2, 0) is 28.6 Å². The van der Waals surface area contributed by atoms with Gasteiger partial charge in [0.15, 0.2) is 0 Å². The fraction of sp³-hybridized carbons (Fsp3) is 0.930. The summed E-state index contributed by atoms with van der Waals surface area (Å²) in [6, 6.07) is 0. The van der Waals surface area contributed by atoms with Gasteiger partial charge in [0.25, 0.3) is 0 Å². The van der Waals surface area contributed by atoms with Crippen LogP contribution in [0.3, 0.4) is 0 Å². The van der Waals surface area contributed by atoms with Crippen LogP contribution in [0.25, 0.3) is 0 Å². The Labute approximate surface area is 320 Å². The maximum atomic E-state index is 12.9. The highest BCUT2D eigenvalue weighted by molar-refractivity contribution is 7.99. The normalized spacial score (nSPS) is 12.2. The van der Waals surface area contributed by atoms with E-state index in [1.54, 1.807) is 0 Å². The summed E-state index contributed by atoms with van der Waals surface area (Å²) in [5.74, 6) is 1.76. The van der Waals surface area contributed by atoms with Gasteiger partial charge in [-0.15, -0.1) is 0 Å². The minimum Gasteiger partial charge on any atom is -0.465 e. The highest BCUT2D eigenvalue weighted by Crippen LogP contribution is 2.19. The van der Waals surface area contributed by atoms with E-state index < -0.39 is 0 Å². The van der Waals surface area contributed by atoms with Crippen molar-refractivity contribution in [2.24, 2.45) is 5.92 Å².